The number of rotatable bonds is 5. The van der Waals surface area contributed by atoms with E-state index < -0.39 is 0 Å². The van der Waals surface area contributed by atoms with Gasteiger partial charge in [-0.15, -0.1) is 0 Å². The summed E-state index contributed by atoms with van der Waals surface area (Å²) in [5.74, 6) is 0. The quantitative estimate of drug-likeness (QED) is 0.418. The minimum Gasteiger partial charge on any atom is -0.396 e. The van der Waals surface area contributed by atoms with Gasteiger partial charge in [-0.25, -0.2) is 0 Å². The van der Waals surface area contributed by atoms with E-state index in [0.29, 0.717) is 6.42 Å². The summed E-state index contributed by atoms with van der Waals surface area (Å²) in [5.41, 5.74) is 0. The van der Waals surface area contributed by atoms with Crippen molar-refractivity contribution in [3.05, 3.63) is 0 Å². The summed E-state index contributed by atoms with van der Waals surface area (Å²) >= 11 is 0. The number of hydrogen-bond acceptors (Lipinski definition) is 4. The average molecular weight is 135 g/mol. The Morgan fingerprint density at radius 1 is 1.56 bits per heavy atom. The van der Waals surface area contributed by atoms with Crippen LogP contribution >= 0.6 is 0 Å². The molecule has 0 heterocycles. The fraction of sp³-hybridized carbons (Fsp3) is 1.00. The third-order valence-electron chi connectivity index (χ3n) is 0.989. The lowest BCUT2D eigenvalue weighted by molar-refractivity contribution is -0.0678. The van der Waals surface area contributed by atoms with Crippen molar-refractivity contribution in [3.8, 4) is 0 Å². The third kappa shape index (κ3) is 4.35. The highest BCUT2D eigenvalue weighted by atomic mass is 16.6. The molecular weight excluding hydrogens is 122 g/mol. The predicted octanol–water partition coefficient (Wildman–Crippen LogP) is -1.12. The summed E-state index contributed by atoms with van der Waals surface area (Å²) in [5, 5.41) is 19.4. The molecule has 0 bridgehead atoms. The minimum atomic E-state index is -0.314. The Kier molecular flexibility index (Phi) is 5.86. The van der Waals surface area contributed by atoms with Gasteiger partial charge in [-0.05, 0) is 7.05 Å². The van der Waals surface area contributed by atoms with Gasteiger partial charge in [-0.3, -0.25) is 5.32 Å². The Morgan fingerprint density at radius 3 is 2.56 bits per heavy atom. The van der Waals surface area contributed by atoms with Crippen molar-refractivity contribution in [2.45, 2.75) is 12.6 Å². The molecule has 0 amide bonds. The van der Waals surface area contributed by atoms with E-state index in [0.717, 1.165) is 0 Å². The molecule has 56 valence electrons. The van der Waals surface area contributed by atoms with E-state index >= 15 is 0 Å². The van der Waals surface area contributed by atoms with Gasteiger partial charge in [0, 0.05) is 13.0 Å². The van der Waals surface area contributed by atoms with E-state index in [-0.39, 0.29) is 19.6 Å². The molecule has 4 nitrogen and oxygen atoms in total. The van der Waals surface area contributed by atoms with Crippen LogP contribution in [0.25, 0.3) is 0 Å². The smallest absolute Gasteiger partial charge is 0.145 e. The molecule has 0 aromatic carbocycles. The molecule has 0 aromatic rings. The topological polar surface area (TPSA) is 61.7 Å². The third-order valence-corrected chi connectivity index (χ3v) is 0.989. The summed E-state index contributed by atoms with van der Waals surface area (Å²) in [6, 6.07) is 0. The Hall–Kier alpha value is -0.160. The first-order chi connectivity index (χ1) is 4.35. The highest BCUT2D eigenvalue weighted by Crippen LogP contribution is 1.89. The predicted molar refractivity (Wildman–Crippen MR) is 32.7 cm³/mol. The summed E-state index contributed by atoms with van der Waals surface area (Å²) in [7, 11) is 1.70. The maximum Gasteiger partial charge on any atom is 0.145 e. The average Bonchev–Trinajstić information content (AvgIpc) is 1.88. The number of aliphatic hydroxyl groups excluding tert-OH is 2. The van der Waals surface area contributed by atoms with Crippen LogP contribution in [0.4, 0.5) is 0 Å². The molecule has 0 saturated heterocycles. The van der Waals surface area contributed by atoms with E-state index in [9.17, 15) is 0 Å². The van der Waals surface area contributed by atoms with Gasteiger partial charge < -0.3 is 14.9 Å². The molecule has 0 aromatic heterocycles. The molecule has 1 atom stereocenters. The molecule has 0 spiro atoms. The van der Waals surface area contributed by atoms with Crippen molar-refractivity contribution in [2.24, 2.45) is 0 Å². The number of aliphatic hydroxyl groups is 2. The van der Waals surface area contributed by atoms with Crippen LogP contribution in [-0.4, -0.2) is 36.9 Å². The lowest BCUT2D eigenvalue weighted by Crippen LogP contribution is -2.29. The molecule has 0 aliphatic carbocycles. The second-order valence-corrected chi connectivity index (χ2v) is 1.59. The first kappa shape index (κ1) is 8.84. The Bertz CT molecular complexity index is 54.2. The molecular formula is C5H13NO3. The van der Waals surface area contributed by atoms with E-state index in [1.54, 1.807) is 7.05 Å². The number of hydrogen-bond donors (Lipinski definition) is 3. The molecule has 9 heavy (non-hydrogen) atoms. The first-order valence-electron chi connectivity index (χ1n) is 2.85. The monoisotopic (exact) mass is 135 g/mol. The molecule has 0 rings (SSSR count). The van der Waals surface area contributed by atoms with Gasteiger partial charge in [0.15, 0.2) is 0 Å². The largest absolute Gasteiger partial charge is 0.396 e. The molecule has 1 unspecified atom stereocenters. The van der Waals surface area contributed by atoms with Crippen LogP contribution in [0.5, 0.6) is 0 Å². The van der Waals surface area contributed by atoms with Gasteiger partial charge in [-0.1, -0.05) is 0 Å². The lowest BCUT2D eigenvalue weighted by atomic mass is 10.4. The zero-order valence-electron chi connectivity index (χ0n) is 5.50. The molecule has 3 N–H and O–H groups in total. The second-order valence-electron chi connectivity index (χ2n) is 1.59. The van der Waals surface area contributed by atoms with E-state index in [4.69, 9.17) is 14.9 Å². The zero-order chi connectivity index (χ0) is 7.11. The number of ether oxygens (including phenoxy) is 1. The summed E-state index contributed by atoms with van der Waals surface area (Å²) in [6.07, 6.45) is 0.261. The maximum absolute atomic E-state index is 8.39. The van der Waals surface area contributed by atoms with Crippen LogP contribution in [0.1, 0.15) is 6.42 Å². The molecule has 4 heteroatoms. The molecule has 0 fully saturated rings. The van der Waals surface area contributed by atoms with E-state index in [1.807, 2.05) is 0 Å². The van der Waals surface area contributed by atoms with Crippen molar-refractivity contribution in [2.75, 3.05) is 20.4 Å². The van der Waals surface area contributed by atoms with Crippen molar-refractivity contribution < 1.29 is 14.9 Å². The Balaban J connectivity index is 3.18. The van der Waals surface area contributed by atoms with Crippen molar-refractivity contribution >= 4 is 0 Å². The highest BCUT2D eigenvalue weighted by Gasteiger charge is 2.01. The van der Waals surface area contributed by atoms with Crippen LogP contribution in [0.3, 0.4) is 0 Å². The normalized spacial score (nSPS) is 13.7. The van der Waals surface area contributed by atoms with Gasteiger partial charge in [0.05, 0.1) is 0 Å². The van der Waals surface area contributed by atoms with Gasteiger partial charge in [0.2, 0.25) is 0 Å². The zero-order valence-corrected chi connectivity index (χ0v) is 5.50. The molecule has 0 radical (unpaired) electrons. The van der Waals surface area contributed by atoms with Crippen LogP contribution in [-0.2, 0) is 4.74 Å². The maximum atomic E-state index is 8.39. The van der Waals surface area contributed by atoms with E-state index in [1.165, 1.54) is 0 Å². The summed E-state index contributed by atoms with van der Waals surface area (Å²) in [4.78, 5) is 0. The van der Waals surface area contributed by atoms with Gasteiger partial charge in [0.1, 0.15) is 13.0 Å². The van der Waals surface area contributed by atoms with E-state index in [2.05, 4.69) is 5.32 Å². The highest BCUT2D eigenvalue weighted by molar-refractivity contribution is 4.47. The SMILES string of the molecule is CNC(CCO)OCO. The Morgan fingerprint density at radius 2 is 2.22 bits per heavy atom. The molecule has 0 aliphatic heterocycles. The van der Waals surface area contributed by atoms with Crippen molar-refractivity contribution in [1.29, 1.82) is 0 Å². The minimum absolute atomic E-state index is 0.0610. The van der Waals surface area contributed by atoms with Gasteiger partial charge in [0.25, 0.3) is 0 Å². The lowest BCUT2D eigenvalue weighted by Gasteiger charge is -2.12. The standard InChI is InChI=1S/C5H13NO3/c1-6-5(2-3-7)9-4-8/h5-8H,2-4H2,1H3. The van der Waals surface area contributed by atoms with Crippen LogP contribution in [0, 0.1) is 0 Å². The fourth-order valence-corrected chi connectivity index (χ4v) is 0.518. The Labute approximate surface area is 54.5 Å². The summed E-state index contributed by atoms with van der Waals surface area (Å²) < 4.78 is 4.72. The van der Waals surface area contributed by atoms with Crippen molar-refractivity contribution in [3.63, 3.8) is 0 Å². The van der Waals surface area contributed by atoms with Gasteiger partial charge >= 0.3 is 0 Å². The molecule has 0 aliphatic rings. The van der Waals surface area contributed by atoms with Gasteiger partial charge in [-0.2, -0.15) is 0 Å². The first-order valence-corrected chi connectivity index (χ1v) is 2.85. The fourth-order valence-electron chi connectivity index (χ4n) is 0.518. The van der Waals surface area contributed by atoms with Crippen LogP contribution in [0.2, 0.25) is 0 Å². The molecule has 0 saturated carbocycles. The van der Waals surface area contributed by atoms with Crippen molar-refractivity contribution in [1.82, 2.24) is 5.32 Å². The van der Waals surface area contributed by atoms with Crippen LogP contribution in [0.15, 0.2) is 0 Å². The van der Waals surface area contributed by atoms with Crippen LogP contribution < -0.4 is 5.32 Å². The summed E-state index contributed by atoms with van der Waals surface area (Å²) in [6.45, 7) is -0.253. The second kappa shape index (κ2) is 5.97. The number of nitrogens with one attached hydrogen (secondary N) is 1.